The molecule has 94 valence electrons. The number of hydrogen-bond donors (Lipinski definition) is 1. The first-order chi connectivity index (χ1) is 8.27. The van der Waals surface area contributed by atoms with Crippen molar-refractivity contribution in [2.24, 2.45) is 10.1 Å². The lowest BCUT2D eigenvalue weighted by atomic mass is 10.2. The van der Waals surface area contributed by atoms with Gasteiger partial charge in [-0.15, -0.1) is 0 Å². The Morgan fingerprint density at radius 2 is 2.06 bits per heavy atom. The fourth-order valence-corrected chi connectivity index (χ4v) is 1.96. The summed E-state index contributed by atoms with van der Waals surface area (Å²) in [5.74, 6) is 1.42. The Labute approximate surface area is 115 Å². The molecule has 1 aromatic carbocycles. The monoisotopic (exact) mass is 316 g/mol. The first-order valence-corrected chi connectivity index (χ1v) is 7.74. The maximum atomic E-state index is 5.78. The molecular weight excluding hydrogens is 300 g/mol. The molecule has 17 heavy (non-hydrogen) atoms. The zero-order valence-corrected chi connectivity index (χ0v) is 12.3. The third kappa shape index (κ3) is 5.46. The fourth-order valence-electron chi connectivity index (χ4n) is 1.26. The molecule has 0 saturated carbocycles. The van der Waals surface area contributed by atoms with Crippen LogP contribution in [-0.4, -0.2) is 24.0 Å². The minimum Gasteiger partial charge on any atom is -0.494 e. The molecule has 0 bridgehead atoms. The molecule has 0 radical (unpaired) electrons. The average Bonchev–Trinajstić information content (AvgIpc) is 2.36. The molecule has 1 rings (SSSR count). The summed E-state index contributed by atoms with van der Waals surface area (Å²) in [6.07, 6.45) is 4.07. The maximum absolute atomic E-state index is 5.78. The van der Waals surface area contributed by atoms with E-state index in [2.05, 4.69) is 20.3 Å². The smallest absolute Gasteiger partial charge is 0.138 e. The van der Waals surface area contributed by atoms with Crippen LogP contribution in [0.1, 0.15) is 18.4 Å². The highest BCUT2D eigenvalue weighted by molar-refractivity contribution is 9.09. The Kier molecular flexibility index (Phi) is 7.12. The van der Waals surface area contributed by atoms with Crippen LogP contribution >= 0.6 is 27.9 Å². The van der Waals surface area contributed by atoms with E-state index in [0.717, 1.165) is 36.1 Å². The summed E-state index contributed by atoms with van der Waals surface area (Å²) in [7, 11) is 0. The number of nitrogens with two attached hydrogens (primary N) is 1. The summed E-state index contributed by atoms with van der Waals surface area (Å²) in [5, 5.41) is 1.02. The van der Waals surface area contributed by atoms with Crippen molar-refractivity contribution in [2.75, 3.05) is 18.2 Å². The third-order valence-corrected chi connectivity index (χ3v) is 3.08. The van der Waals surface area contributed by atoms with E-state index >= 15 is 0 Å². The fraction of sp³-hybridized carbons (Fsp3) is 0.417. The summed E-state index contributed by atoms with van der Waals surface area (Å²) in [5.41, 5.74) is 6.70. The predicted molar refractivity (Wildman–Crippen MR) is 79.2 cm³/mol. The first kappa shape index (κ1) is 14.4. The Balaban J connectivity index is 2.47. The zero-order chi connectivity index (χ0) is 12.5. The lowest BCUT2D eigenvalue weighted by Gasteiger charge is -2.06. The highest BCUT2D eigenvalue weighted by Gasteiger charge is 1.99. The zero-order valence-electron chi connectivity index (χ0n) is 9.86. The minimum absolute atomic E-state index is 0.545. The summed E-state index contributed by atoms with van der Waals surface area (Å²) < 4.78 is 9.67. The Morgan fingerprint density at radius 3 is 2.65 bits per heavy atom. The molecule has 0 aromatic heterocycles. The van der Waals surface area contributed by atoms with Crippen molar-refractivity contribution in [3.8, 4) is 5.75 Å². The van der Waals surface area contributed by atoms with Gasteiger partial charge in [-0.2, -0.15) is 4.40 Å². The van der Waals surface area contributed by atoms with Gasteiger partial charge in [0.15, 0.2) is 0 Å². The van der Waals surface area contributed by atoms with E-state index in [0.29, 0.717) is 5.84 Å². The largest absolute Gasteiger partial charge is 0.494 e. The molecule has 1 aromatic rings. The van der Waals surface area contributed by atoms with E-state index in [1.165, 1.54) is 11.9 Å². The molecule has 0 spiro atoms. The van der Waals surface area contributed by atoms with Gasteiger partial charge in [0.25, 0.3) is 0 Å². The SMILES string of the molecule is CS/N=C(\N)c1ccc(OCCCCBr)cc1. The number of nitrogens with zero attached hydrogens (tertiary/aromatic N) is 1. The Morgan fingerprint density at radius 1 is 1.35 bits per heavy atom. The molecule has 0 aliphatic carbocycles. The van der Waals surface area contributed by atoms with Crippen molar-refractivity contribution in [1.29, 1.82) is 0 Å². The van der Waals surface area contributed by atoms with Crippen LogP contribution in [-0.2, 0) is 0 Å². The lowest BCUT2D eigenvalue weighted by Crippen LogP contribution is -2.12. The number of halogens is 1. The second-order valence-corrected chi connectivity index (χ2v) is 4.77. The quantitative estimate of drug-likeness (QED) is 0.276. The van der Waals surface area contributed by atoms with Gasteiger partial charge in [0.2, 0.25) is 0 Å². The van der Waals surface area contributed by atoms with Gasteiger partial charge in [-0.05, 0) is 49.1 Å². The number of rotatable bonds is 7. The highest BCUT2D eigenvalue weighted by Crippen LogP contribution is 2.13. The van der Waals surface area contributed by atoms with Gasteiger partial charge in [0.05, 0.1) is 6.61 Å². The molecule has 5 heteroatoms. The van der Waals surface area contributed by atoms with Crippen molar-refractivity contribution in [3.63, 3.8) is 0 Å². The van der Waals surface area contributed by atoms with Crippen LogP contribution in [0.2, 0.25) is 0 Å². The second kappa shape index (κ2) is 8.42. The standard InChI is InChI=1S/C12H17BrN2OS/c1-17-15-12(14)10-4-6-11(7-5-10)16-9-3-2-8-13/h4-7H,2-3,8-9H2,1H3,(H2,14,15). The van der Waals surface area contributed by atoms with E-state index in [-0.39, 0.29) is 0 Å². The van der Waals surface area contributed by atoms with Gasteiger partial charge in [-0.3, -0.25) is 0 Å². The lowest BCUT2D eigenvalue weighted by molar-refractivity contribution is 0.310. The van der Waals surface area contributed by atoms with Crippen LogP contribution in [0.15, 0.2) is 28.7 Å². The normalized spacial score (nSPS) is 11.5. The van der Waals surface area contributed by atoms with Crippen molar-refractivity contribution in [2.45, 2.75) is 12.8 Å². The second-order valence-electron chi connectivity index (χ2n) is 3.43. The molecule has 0 fully saturated rings. The summed E-state index contributed by atoms with van der Waals surface area (Å²) in [6, 6.07) is 7.70. The molecule has 0 unspecified atom stereocenters. The van der Waals surface area contributed by atoms with Gasteiger partial charge in [-0.25, -0.2) is 0 Å². The van der Waals surface area contributed by atoms with Crippen molar-refractivity contribution in [1.82, 2.24) is 0 Å². The molecule has 0 aliphatic rings. The van der Waals surface area contributed by atoms with E-state index in [9.17, 15) is 0 Å². The van der Waals surface area contributed by atoms with E-state index in [4.69, 9.17) is 10.5 Å². The number of unbranched alkanes of at least 4 members (excludes halogenated alkanes) is 1. The molecule has 3 nitrogen and oxygen atoms in total. The molecule has 0 heterocycles. The minimum atomic E-state index is 0.545. The molecule has 0 saturated heterocycles. The highest BCUT2D eigenvalue weighted by atomic mass is 79.9. The van der Waals surface area contributed by atoms with Crippen LogP contribution in [0.5, 0.6) is 5.75 Å². The number of hydrogen-bond acceptors (Lipinski definition) is 3. The number of alkyl halides is 1. The van der Waals surface area contributed by atoms with Crippen LogP contribution in [0.25, 0.3) is 0 Å². The summed E-state index contributed by atoms with van der Waals surface area (Å²) in [4.78, 5) is 0. The van der Waals surface area contributed by atoms with Gasteiger partial charge >= 0.3 is 0 Å². The van der Waals surface area contributed by atoms with Crippen molar-refractivity contribution >= 4 is 33.7 Å². The number of benzene rings is 1. The van der Waals surface area contributed by atoms with Crippen LogP contribution in [0.4, 0.5) is 0 Å². The molecule has 0 aliphatic heterocycles. The van der Waals surface area contributed by atoms with Crippen LogP contribution in [0.3, 0.4) is 0 Å². The molecule has 0 amide bonds. The van der Waals surface area contributed by atoms with E-state index in [1.807, 2.05) is 30.5 Å². The Bertz CT molecular complexity index is 354. The average molecular weight is 317 g/mol. The van der Waals surface area contributed by atoms with Crippen LogP contribution in [0, 0.1) is 0 Å². The van der Waals surface area contributed by atoms with E-state index < -0.39 is 0 Å². The van der Waals surface area contributed by atoms with Gasteiger partial charge < -0.3 is 10.5 Å². The Hall–Kier alpha value is -0.680. The van der Waals surface area contributed by atoms with Gasteiger partial charge in [-0.1, -0.05) is 15.9 Å². The van der Waals surface area contributed by atoms with Gasteiger partial charge in [0, 0.05) is 17.1 Å². The van der Waals surface area contributed by atoms with Crippen LogP contribution < -0.4 is 10.5 Å². The first-order valence-electron chi connectivity index (χ1n) is 5.43. The van der Waals surface area contributed by atoms with Crippen molar-refractivity contribution in [3.05, 3.63) is 29.8 Å². The number of amidine groups is 1. The molecule has 2 N–H and O–H groups in total. The van der Waals surface area contributed by atoms with Crippen molar-refractivity contribution < 1.29 is 4.74 Å². The predicted octanol–water partition coefficient (Wildman–Crippen LogP) is 3.22. The number of ether oxygens (including phenoxy) is 1. The topological polar surface area (TPSA) is 47.6 Å². The molecular formula is C12H17BrN2OS. The van der Waals surface area contributed by atoms with Gasteiger partial charge in [0.1, 0.15) is 11.6 Å². The molecule has 0 atom stereocenters. The third-order valence-electron chi connectivity index (χ3n) is 2.14. The van der Waals surface area contributed by atoms with E-state index in [1.54, 1.807) is 0 Å². The summed E-state index contributed by atoms with van der Waals surface area (Å²) in [6.45, 7) is 0.749. The summed E-state index contributed by atoms with van der Waals surface area (Å²) >= 11 is 4.75. The maximum Gasteiger partial charge on any atom is 0.138 e.